The number of pyridine rings is 1. The summed E-state index contributed by atoms with van der Waals surface area (Å²) in [6.45, 7) is 1.33. The van der Waals surface area contributed by atoms with Gasteiger partial charge in [0.15, 0.2) is 0 Å². The summed E-state index contributed by atoms with van der Waals surface area (Å²) >= 11 is 0. The predicted molar refractivity (Wildman–Crippen MR) is 58.0 cm³/mol. The average Bonchev–Trinajstić information content (AvgIpc) is 2.38. The topological polar surface area (TPSA) is 55.1 Å². The molecule has 0 amide bonds. The Hall–Kier alpha value is -1.60. The van der Waals surface area contributed by atoms with Crippen molar-refractivity contribution in [2.75, 3.05) is 13.2 Å². The first kappa shape index (κ1) is 10.9. The number of ether oxygens (including phenoxy) is 2. The van der Waals surface area contributed by atoms with Crippen LogP contribution in [0.1, 0.15) is 24.8 Å². The molecule has 1 atom stereocenters. The molecule has 0 unspecified atom stereocenters. The Morgan fingerprint density at radius 2 is 2.50 bits per heavy atom. The fourth-order valence-corrected chi connectivity index (χ4v) is 1.68. The minimum atomic E-state index is 0.168. The second-order valence-electron chi connectivity index (χ2n) is 3.79. The van der Waals surface area contributed by atoms with Crippen LogP contribution in [0.25, 0.3) is 0 Å². The van der Waals surface area contributed by atoms with E-state index in [0.29, 0.717) is 18.1 Å². The maximum absolute atomic E-state index is 8.72. The molecule has 0 radical (unpaired) electrons. The first-order valence-electron chi connectivity index (χ1n) is 5.49. The van der Waals surface area contributed by atoms with Gasteiger partial charge < -0.3 is 9.47 Å². The van der Waals surface area contributed by atoms with Crippen molar-refractivity contribution < 1.29 is 9.47 Å². The Morgan fingerprint density at radius 1 is 1.56 bits per heavy atom. The van der Waals surface area contributed by atoms with Crippen molar-refractivity contribution in [3.8, 4) is 11.9 Å². The van der Waals surface area contributed by atoms with Gasteiger partial charge in [0, 0.05) is 18.9 Å². The lowest BCUT2D eigenvalue weighted by atomic mass is 10.1. The van der Waals surface area contributed by atoms with E-state index in [4.69, 9.17) is 14.7 Å². The summed E-state index contributed by atoms with van der Waals surface area (Å²) < 4.78 is 11.0. The number of nitriles is 1. The normalized spacial score (nSPS) is 20.1. The molecule has 4 nitrogen and oxygen atoms in total. The van der Waals surface area contributed by atoms with Crippen molar-refractivity contribution in [3.63, 3.8) is 0 Å². The van der Waals surface area contributed by atoms with Crippen molar-refractivity contribution in [3.05, 3.63) is 23.9 Å². The number of aromatic nitrogens is 1. The summed E-state index contributed by atoms with van der Waals surface area (Å²) in [5, 5.41) is 8.72. The van der Waals surface area contributed by atoms with Crippen LogP contribution < -0.4 is 4.74 Å². The fourth-order valence-electron chi connectivity index (χ4n) is 1.68. The molecule has 1 fully saturated rings. The van der Waals surface area contributed by atoms with E-state index in [1.807, 2.05) is 0 Å². The Kier molecular flexibility index (Phi) is 3.73. The molecule has 1 aliphatic heterocycles. The Labute approximate surface area is 94.8 Å². The van der Waals surface area contributed by atoms with E-state index < -0.39 is 0 Å². The number of hydrogen-bond donors (Lipinski definition) is 0. The van der Waals surface area contributed by atoms with Crippen molar-refractivity contribution in [2.24, 2.45) is 0 Å². The molecule has 2 heterocycles. The summed E-state index contributed by atoms with van der Waals surface area (Å²) in [6, 6.07) is 5.35. The number of rotatable bonds is 3. The molecule has 84 valence electrons. The van der Waals surface area contributed by atoms with Crippen LogP contribution in [0, 0.1) is 11.3 Å². The first-order chi connectivity index (χ1) is 7.88. The molecule has 0 N–H and O–H groups in total. The molecule has 0 spiro atoms. The largest absolute Gasteiger partial charge is 0.475 e. The third kappa shape index (κ3) is 2.94. The zero-order valence-electron chi connectivity index (χ0n) is 9.06. The SMILES string of the molecule is N#Cc1ccnc(OC[C@@H]2CCCCO2)c1. The standard InChI is InChI=1S/C12H14N2O2/c13-8-10-4-5-14-12(7-10)16-9-11-3-1-2-6-15-11/h4-5,7,11H,1-3,6,9H2/t11-/m0/s1. The Balaban J connectivity index is 1.86. The van der Waals surface area contributed by atoms with E-state index in [1.165, 1.54) is 6.42 Å². The van der Waals surface area contributed by atoms with E-state index in [0.717, 1.165) is 19.4 Å². The van der Waals surface area contributed by atoms with Gasteiger partial charge in [-0.15, -0.1) is 0 Å². The van der Waals surface area contributed by atoms with Crippen LogP contribution in [-0.2, 0) is 4.74 Å². The highest BCUT2D eigenvalue weighted by atomic mass is 16.5. The fraction of sp³-hybridized carbons (Fsp3) is 0.500. The lowest BCUT2D eigenvalue weighted by Crippen LogP contribution is -2.25. The highest BCUT2D eigenvalue weighted by Gasteiger charge is 2.14. The van der Waals surface area contributed by atoms with Crippen LogP contribution in [0.15, 0.2) is 18.3 Å². The van der Waals surface area contributed by atoms with E-state index in [9.17, 15) is 0 Å². The van der Waals surface area contributed by atoms with Crippen LogP contribution in [0.5, 0.6) is 5.88 Å². The Bertz CT molecular complexity index is 381. The van der Waals surface area contributed by atoms with Gasteiger partial charge >= 0.3 is 0 Å². The van der Waals surface area contributed by atoms with Gasteiger partial charge in [0.2, 0.25) is 5.88 Å². The molecule has 0 aromatic carbocycles. The minimum Gasteiger partial charge on any atom is -0.475 e. The molecule has 1 aromatic rings. The van der Waals surface area contributed by atoms with Crippen molar-refractivity contribution in [1.82, 2.24) is 4.98 Å². The van der Waals surface area contributed by atoms with Crippen LogP contribution >= 0.6 is 0 Å². The first-order valence-corrected chi connectivity index (χ1v) is 5.49. The van der Waals surface area contributed by atoms with Crippen molar-refractivity contribution in [2.45, 2.75) is 25.4 Å². The maximum Gasteiger partial charge on any atom is 0.214 e. The summed E-state index contributed by atoms with van der Waals surface area (Å²) in [7, 11) is 0. The third-order valence-electron chi connectivity index (χ3n) is 2.56. The molecule has 1 saturated heterocycles. The van der Waals surface area contributed by atoms with Crippen LogP contribution in [0.3, 0.4) is 0 Å². The smallest absolute Gasteiger partial charge is 0.214 e. The van der Waals surface area contributed by atoms with E-state index >= 15 is 0 Å². The second kappa shape index (κ2) is 5.47. The van der Waals surface area contributed by atoms with Gasteiger partial charge in [-0.05, 0) is 25.3 Å². The maximum atomic E-state index is 8.72. The predicted octanol–water partition coefficient (Wildman–Crippen LogP) is 1.90. The Morgan fingerprint density at radius 3 is 3.25 bits per heavy atom. The lowest BCUT2D eigenvalue weighted by Gasteiger charge is -2.22. The molecule has 0 bridgehead atoms. The van der Waals surface area contributed by atoms with Gasteiger partial charge in [0.1, 0.15) is 6.61 Å². The summed E-state index contributed by atoms with van der Waals surface area (Å²) in [5.74, 6) is 0.494. The molecule has 2 rings (SSSR count). The third-order valence-corrected chi connectivity index (χ3v) is 2.56. The average molecular weight is 218 g/mol. The molecule has 1 aromatic heterocycles. The van der Waals surface area contributed by atoms with Gasteiger partial charge in [-0.3, -0.25) is 0 Å². The molecule has 0 aliphatic carbocycles. The second-order valence-corrected chi connectivity index (χ2v) is 3.79. The van der Waals surface area contributed by atoms with Crippen molar-refractivity contribution >= 4 is 0 Å². The van der Waals surface area contributed by atoms with Crippen LogP contribution in [-0.4, -0.2) is 24.3 Å². The zero-order chi connectivity index (χ0) is 11.2. The van der Waals surface area contributed by atoms with Crippen LogP contribution in [0.2, 0.25) is 0 Å². The van der Waals surface area contributed by atoms with Crippen LogP contribution in [0.4, 0.5) is 0 Å². The van der Waals surface area contributed by atoms with Gasteiger partial charge in [-0.25, -0.2) is 4.98 Å². The number of hydrogen-bond acceptors (Lipinski definition) is 4. The van der Waals surface area contributed by atoms with E-state index in [1.54, 1.807) is 18.3 Å². The minimum absolute atomic E-state index is 0.168. The molecule has 0 saturated carbocycles. The molecule has 16 heavy (non-hydrogen) atoms. The summed E-state index contributed by atoms with van der Waals surface area (Å²) in [6.07, 6.45) is 5.12. The quantitative estimate of drug-likeness (QED) is 0.777. The van der Waals surface area contributed by atoms with E-state index in [-0.39, 0.29) is 6.10 Å². The van der Waals surface area contributed by atoms with Gasteiger partial charge in [-0.1, -0.05) is 0 Å². The summed E-state index contributed by atoms with van der Waals surface area (Å²) in [4.78, 5) is 4.04. The molecular formula is C12H14N2O2. The molecular weight excluding hydrogens is 204 g/mol. The highest BCUT2D eigenvalue weighted by molar-refractivity contribution is 5.31. The zero-order valence-corrected chi connectivity index (χ0v) is 9.06. The van der Waals surface area contributed by atoms with Gasteiger partial charge in [0.25, 0.3) is 0 Å². The summed E-state index contributed by atoms with van der Waals surface area (Å²) in [5.41, 5.74) is 0.564. The monoisotopic (exact) mass is 218 g/mol. The highest BCUT2D eigenvalue weighted by Crippen LogP contribution is 2.15. The molecule has 1 aliphatic rings. The van der Waals surface area contributed by atoms with E-state index in [2.05, 4.69) is 11.1 Å². The number of nitrogens with zero attached hydrogens (tertiary/aromatic N) is 2. The van der Waals surface area contributed by atoms with Gasteiger partial charge in [-0.2, -0.15) is 5.26 Å². The molecule has 4 heteroatoms. The van der Waals surface area contributed by atoms with Crippen molar-refractivity contribution in [1.29, 1.82) is 5.26 Å². The van der Waals surface area contributed by atoms with Gasteiger partial charge in [0.05, 0.1) is 17.7 Å². The lowest BCUT2D eigenvalue weighted by molar-refractivity contribution is -0.0119.